The van der Waals surface area contributed by atoms with Gasteiger partial charge in [-0.15, -0.1) is 0 Å². The van der Waals surface area contributed by atoms with Crippen LogP contribution < -0.4 is 9.62 Å². The van der Waals surface area contributed by atoms with Gasteiger partial charge in [-0.2, -0.15) is 11.8 Å². The molecule has 0 aliphatic carbocycles. The molecular weight excluding hydrogens is 507 g/mol. The van der Waals surface area contributed by atoms with E-state index in [1.165, 1.54) is 22.1 Å². The summed E-state index contributed by atoms with van der Waals surface area (Å²) in [4.78, 5) is 13.3. The van der Waals surface area contributed by atoms with E-state index in [4.69, 9.17) is 0 Å². The van der Waals surface area contributed by atoms with Crippen molar-refractivity contribution in [2.45, 2.75) is 17.2 Å². The molecule has 1 N–H and O–H groups in total. The fourth-order valence-corrected chi connectivity index (χ4v) is 6.12. The molecular formula is C29H27FN2O3S2. The Morgan fingerprint density at radius 3 is 2.16 bits per heavy atom. The molecule has 5 nitrogen and oxygen atoms in total. The predicted molar refractivity (Wildman–Crippen MR) is 148 cm³/mol. The summed E-state index contributed by atoms with van der Waals surface area (Å²) in [6.07, 6.45) is 0. The molecule has 0 aliphatic rings. The molecule has 0 saturated heterocycles. The maximum atomic E-state index is 13.8. The first-order valence-corrected chi connectivity index (χ1v) is 14.4. The molecule has 4 aromatic rings. The number of nitrogens with zero attached hydrogens (tertiary/aromatic N) is 1. The van der Waals surface area contributed by atoms with Gasteiger partial charge >= 0.3 is 0 Å². The molecule has 0 radical (unpaired) electrons. The maximum Gasteiger partial charge on any atom is 0.264 e. The van der Waals surface area contributed by atoms with Crippen molar-refractivity contribution in [2.75, 3.05) is 16.6 Å². The summed E-state index contributed by atoms with van der Waals surface area (Å²) >= 11 is 1.51. The minimum Gasteiger partial charge on any atom is -0.351 e. The van der Waals surface area contributed by atoms with Crippen molar-refractivity contribution in [3.05, 3.63) is 132 Å². The molecule has 8 heteroatoms. The number of para-hydroxylation sites is 1. The quantitative estimate of drug-likeness (QED) is 0.244. The third-order valence-corrected chi connectivity index (χ3v) is 8.45. The molecule has 0 spiro atoms. The van der Waals surface area contributed by atoms with Gasteiger partial charge in [-0.25, -0.2) is 12.8 Å². The molecule has 0 bridgehead atoms. The van der Waals surface area contributed by atoms with Crippen LogP contribution in [0.3, 0.4) is 0 Å². The van der Waals surface area contributed by atoms with Gasteiger partial charge in [-0.3, -0.25) is 9.10 Å². The number of carbonyl (C=O) groups is 1. The summed E-state index contributed by atoms with van der Waals surface area (Å²) in [6.45, 7) is 0.428. The maximum absolute atomic E-state index is 13.8. The van der Waals surface area contributed by atoms with Crippen molar-refractivity contribution in [1.29, 1.82) is 0 Å². The van der Waals surface area contributed by atoms with Gasteiger partial charge in [-0.05, 0) is 41.5 Å². The number of amides is 1. The van der Waals surface area contributed by atoms with E-state index in [0.717, 1.165) is 5.56 Å². The van der Waals surface area contributed by atoms with Crippen LogP contribution in [0.25, 0.3) is 0 Å². The molecule has 0 aromatic heterocycles. The van der Waals surface area contributed by atoms with Gasteiger partial charge in [0.1, 0.15) is 5.82 Å². The van der Waals surface area contributed by atoms with Crippen LogP contribution in [0.1, 0.15) is 21.5 Å². The van der Waals surface area contributed by atoms with E-state index >= 15 is 0 Å². The summed E-state index contributed by atoms with van der Waals surface area (Å²) in [5.41, 5.74) is 1.97. The number of hydrogen-bond acceptors (Lipinski definition) is 4. The van der Waals surface area contributed by atoms with Crippen LogP contribution >= 0.6 is 11.8 Å². The molecule has 190 valence electrons. The van der Waals surface area contributed by atoms with E-state index in [1.54, 1.807) is 72.8 Å². The summed E-state index contributed by atoms with van der Waals surface area (Å²) in [7, 11) is -3.96. The Morgan fingerprint density at radius 2 is 1.43 bits per heavy atom. The normalized spacial score (nSPS) is 11.2. The molecule has 0 saturated carbocycles. The Kier molecular flexibility index (Phi) is 8.98. The third kappa shape index (κ3) is 6.78. The highest BCUT2D eigenvalue weighted by atomic mass is 32.2. The Morgan fingerprint density at radius 1 is 0.811 bits per heavy atom. The Hall–Kier alpha value is -3.62. The summed E-state index contributed by atoms with van der Waals surface area (Å²) in [6, 6.07) is 30.8. The van der Waals surface area contributed by atoms with Crippen LogP contribution in [0.4, 0.5) is 10.1 Å². The van der Waals surface area contributed by atoms with E-state index in [-0.39, 0.29) is 28.7 Å². The van der Waals surface area contributed by atoms with Crippen molar-refractivity contribution in [2.24, 2.45) is 0 Å². The molecule has 0 unspecified atom stereocenters. The third-order valence-electron chi connectivity index (χ3n) is 5.66. The number of sulfonamides is 1. The van der Waals surface area contributed by atoms with Crippen molar-refractivity contribution in [3.63, 3.8) is 0 Å². The first-order chi connectivity index (χ1) is 18.0. The number of anilines is 1. The zero-order valence-electron chi connectivity index (χ0n) is 20.1. The fraction of sp³-hybridized carbons (Fsp3) is 0.138. The first kappa shape index (κ1) is 26.4. The highest BCUT2D eigenvalue weighted by Crippen LogP contribution is 2.29. The van der Waals surface area contributed by atoms with Gasteiger partial charge in [0, 0.05) is 18.1 Å². The lowest BCUT2D eigenvalue weighted by molar-refractivity contribution is 0.0957. The number of rotatable bonds is 11. The van der Waals surface area contributed by atoms with E-state index in [1.807, 2.05) is 30.3 Å². The predicted octanol–water partition coefficient (Wildman–Crippen LogP) is 5.88. The Bertz CT molecular complexity index is 1430. The van der Waals surface area contributed by atoms with Gasteiger partial charge in [0.25, 0.3) is 15.9 Å². The van der Waals surface area contributed by atoms with Crippen LogP contribution in [0.5, 0.6) is 0 Å². The van der Waals surface area contributed by atoms with Gasteiger partial charge in [-0.1, -0.05) is 78.9 Å². The number of carbonyl (C=O) groups excluding carboxylic acids is 1. The molecule has 4 rings (SSSR count). The number of benzene rings is 4. The Balaban J connectivity index is 1.53. The molecule has 0 atom stereocenters. The lowest BCUT2D eigenvalue weighted by atomic mass is 10.1. The van der Waals surface area contributed by atoms with E-state index < -0.39 is 10.0 Å². The van der Waals surface area contributed by atoms with Crippen molar-refractivity contribution >= 4 is 33.4 Å². The molecule has 1 amide bonds. The Labute approximate surface area is 221 Å². The topological polar surface area (TPSA) is 66.5 Å². The number of halogens is 1. The van der Waals surface area contributed by atoms with Crippen molar-refractivity contribution in [3.8, 4) is 0 Å². The standard InChI is InChI=1S/C29H27FN2O3S2/c30-27-17-9-7-13-24(27)22-36-20-19-31-29(33)26-16-8-10-18-28(26)32(21-23-11-3-1-4-12-23)37(34,35)25-14-5-2-6-15-25/h1-18H,19-22H2,(H,31,33). The van der Waals surface area contributed by atoms with Crippen molar-refractivity contribution < 1.29 is 17.6 Å². The molecule has 0 aliphatic heterocycles. The molecule has 0 heterocycles. The van der Waals surface area contributed by atoms with Gasteiger partial charge in [0.05, 0.1) is 22.7 Å². The molecule has 37 heavy (non-hydrogen) atoms. The zero-order chi connectivity index (χ0) is 26.1. The van der Waals surface area contributed by atoms with E-state index in [9.17, 15) is 17.6 Å². The second-order valence-corrected chi connectivity index (χ2v) is 11.2. The van der Waals surface area contributed by atoms with Crippen LogP contribution in [0.15, 0.2) is 114 Å². The minimum atomic E-state index is -3.96. The van der Waals surface area contributed by atoms with Gasteiger partial charge < -0.3 is 5.32 Å². The monoisotopic (exact) mass is 534 g/mol. The summed E-state index contributed by atoms with van der Waals surface area (Å²) in [5.74, 6) is 0.465. The lowest BCUT2D eigenvalue weighted by Crippen LogP contribution is -2.34. The first-order valence-electron chi connectivity index (χ1n) is 11.8. The zero-order valence-corrected chi connectivity index (χ0v) is 21.7. The second-order valence-electron chi connectivity index (χ2n) is 8.23. The smallest absolute Gasteiger partial charge is 0.264 e. The summed E-state index contributed by atoms with van der Waals surface area (Å²) < 4.78 is 42.6. The van der Waals surface area contributed by atoms with Crippen LogP contribution in [-0.4, -0.2) is 26.6 Å². The molecule has 0 fully saturated rings. The van der Waals surface area contributed by atoms with Crippen LogP contribution in [-0.2, 0) is 22.3 Å². The SMILES string of the molecule is O=C(NCCSCc1ccccc1F)c1ccccc1N(Cc1ccccc1)S(=O)(=O)c1ccccc1. The summed E-state index contributed by atoms with van der Waals surface area (Å²) in [5, 5.41) is 2.88. The largest absolute Gasteiger partial charge is 0.351 e. The number of hydrogen-bond donors (Lipinski definition) is 1. The highest BCUT2D eigenvalue weighted by Gasteiger charge is 2.28. The average molecular weight is 535 g/mol. The van der Waals surface area contributed by atoms with Crippen LogP contribution in [0, 0.1) is 5.82 Å². The van der Waals surface area contributed by atoms with E-state index in [0.29, 0.717) is 29.3 Å². The average Bonchev–Trinajstić information content (AvgIpc) is 2.93. The minimum absolute atomic E-state index is 0.0703. The lowest BCUT2D eigenvalue weighted by Gasteiger charge is -2.26. The van der Waals surface area contributed by atoms with Gasteiger partial charge in [0.2, 0.25) is 0 Å². The van der Waals surface area contributed by atoms with E-state index in [2.05, 4.69) is 5.32 Å². The second kappa shape index (κ2) is 12.6. The fourth-order valence-electron chi connectivity index (χ4n) is 3.78. The van der Waals surface area contributed by atoms with Crippen LogP contribution in [0.2, 0.25) is 0 Å². The van der Waals surface area contributed by atoms with Gasteiger partial charge in [0.15, 0.2) is 0 Å². The molecule has 4 aromatic carbocycles. The highest BCUT2D eigenvalue weighted by molar-refractivity contribution is 7.98. The number of nitrogens with one attached hydrogen (secondary N) is 1. The van der Waals surface area contributed by atoms with Crippen molar-refractivity contribution in [1.82, 2.24) is 5.32 Å². The number of thioether (sulfide) groups is 1.